The Morgan fingerprint density at radius 3 is 0.542 bits per heavy atom. The normalized spacial score (nSPS) is 12.8. The van der Waals surface area contributed by atoms with E-state index in [1.807, 2.05) is 96.9 Å². The number of benzene rings is 5. The summed E-state index contributed by atoms with van der Waals surface area (Å²) in [5, 5.41) is 18.3. The minimum atomic E-state index is -3.17. The van der Waals surface area contributed by atoms with Crippen LogP contribution < -0.4 is 0 Å². The third kappa shape index (κ3) is 58.1. The van der Waals surface area contributed by atoms with Crippen LogP contribution in [0.4, 0.5) is 0 Å². The Morgan fingerprint density at radius 1 is 0.239 bits per heavy atom. The van der Waals surface area contributed by atoms with Gasteiger partial charge in [-0.05, 0) is 148 Å². The molecule has 2 N–H and O–H groups in total. The molecule has 802 valence electrons. The number of carbonyl (C=O) groups excluding carboxylic acids is 10. The molecule has 35 heteroatoms. The van der Waals surface area contributed by atoms with Crippen molar-refractivity contribution in [2.45, 2.75) is 210 Å². The number of aliphatic hydroxyl groups excluding tert-OH is 2. The van der Waals surface area contributed by atoms with E-state index in [2.05, 4.69) is 13.8 Å². The van der Waals surface area contributed by atoms with E-state index < -0.39 is 96.5 Å². The van der Waals surface area contributed by atoms with Crippen molar-refractivity contribution in [3.8, 4) is 0 Å². The van der Waals surface area contributed by atoms with Gasteiger partial charge in [0.2, 0.25) is 0 Å². The lowest BCUT2D eigenvalue weighted by Gasteiger charge is -2.25. The van der Waals surface area contributed by atoms with E-state index in [9.17, 15) is 57.1 Å². The Hall–Kier alpha value is -9.18. The van der Waals surface area contributed by atoms with Crippen molar-refractivity contribution in [1.29, 1.82) is 0 Å². The first-order chi connectivity index (χ1) is 66.1. The third-order valence-electron chi connectivity index (χ3n) is 20.0. The Kier molecular flexibility index (Phi) is 59.6. The highest BCUT2D eigenvalue weighted by atomic mass is 31.2. The van der Waals surface area contributed by atoms with Crippen molar-refractivity contribution in [2.75, 3.05) is 181 Å². The molecule has 2 unspecified atom stereocenters. The molecule has 0 spiro atoms. The van der Waals surface area contributed by atoms with Gasteiger partial charge in [0.25, 0.3) is 0 Å². The molecule has 5 rings (SSSR count). The molecule has 5 aromatic rings. The van der Waals surface area contributed by atoms with Crippen LogP contribution in [-0.2, 0) is 98.3 Å². The highest BCUT2D eigenvalue weighted by Gasteiger charge is 2.33. The molecule has 2 atom stereocenters. The summed E-state index contributed by atoms with van der Waals surface area (Å²) in [7, 11) is 1.68. The molecule has 0 saturated heterocycles. The fourth-order valence-electron chi connectivity index (χ4n) is 11.6. The Labute approximate surface area is 843 Å². The first-order valence-electron chi connectivity index (χ1n) is 47.7. The SMILES string of the molecule is CC(C)OC(=O)c1ccc(C(=O)OCC(C)(C)CO)cc1.CCCCCCOP(C)(=O)OCC(C)(C)COC(=O)c1ccc(C(=O)OCC(C)(C)COC)cc1.CCCCCCOP(C)(=O)OCC(C)(C)COC(=O)c1ccc(C(=O)OCC(C)(C)COC)cc1.COCC(C)(C)COC(=O)c1ccc(C(=O)OCC(C)(C)CO)cc1.COCC(C)(C)COC(=O)c1ccc(C(=O)OCC(C)(C)COC)cc1. The zero-order valence-electron chi connectivity index (χ0n) is 89.9. The topological polar surface area (TPSA) is 421 Å². The van der Waals surface area contributed by atoms with Crippen molar-refractivity contribution < 1.29 is 156 Å². The zero-order valence-corrected chi connectivity index (χ0v) is 91.7. The fraction of sp³-hybridized carbons (Fsp3) is 0.626. The number of hydrogen-bond acceptors (Lipinski definition) is 33. The van der Waals surface area contributed by atoms with Gasteiger partial charge in [-0.2, -0.15) is 0 Å². The van der Waals surface area contributed by atoms with Gasteiger partial charge in [0.1, 0.15) is 0 Å². The van der Waals surface area contributed by atoms with Crippen LogP contribution in [0, 0.1) is 48.7 Å². The monoisotopic (exact) mass is 2040 g/mol. The summed E-state index contributed by atoms with van der Waals surface area (Å²) in [6.07, 6.45) is 8.06. The largest absolute Gasteiger partial charge is 0.461 e. The first kappa shape index (κ1) is 131. The molecular formula is C107H166O33P2. The van der Waals surface area contributed by atoms with Gasteiger partial charge in [0.15, 0.2) is 0 Å². The molecule has 0 aliphatic carbocycles. The van der Waals surface area contributed by atoms with Gasteiger partial charge >= 0.3 is 74.9 Å². The fourth-order valence-corrected chi connectivity index (χ4v) is 13.8. The smallest absolute Gasteiger partial charge is 0.338 e. The van der Waals surface area contributed by atoms with Crippen LogP contribution in [0.5, 0.6) is 0 Å². The van der Waals surface area contributed by atoms with Gasteiger partial charge < -0.3 is 99.4 Å². The second-order valence-corrected chi connectivity index (χ2v) is 46.5. The van der Waals surface area contributed by atoms with E-state index >= 15 is 0 Å². The lowest BCUT2D eigenvalue weighted by atomic mass is 9.96. The Balaban J connectivity index is 0.000000899. The zero-order chi connectivity index (χ0) is 108. The summed E-state index contributed by atoms with van der Waals surface area (Å²) >= 11 is 0. The Morgan fingerprint density at radius 2 is 0.394 bits per heavy atom. The highest BCUT2D eigenvalue weighted by Crippen LogP contribution is 2.47. The maximum Gasteiger partial charge on any atom is 0.338 e. The average molecular weight is 2040 g/mol. The Bertz CT molecular complexity index is 4470. The number of aliphatic hydroxyl groups is 2. The van der Waals surface area contributed by atoms with E-state index in [1.54, 1.807) is 101 Å². The van der Waals surface area contributed by atoms with E-state index in [-0.39, 0.29) is 119 Å². The van der Waals surface area contributed by atoms with Crippen molar-refractivity contribution in [3.63, 3.8) is 0 Å². The molecule has 5 aromatic carbocycles. The molecule has 0 amide bonds. The number of ether oxygens (including phenoxy) is 15. The van der Waals surface area contributed by atoms with Crippen LogP contribution in [0.1, 0.15) is 307 Å². The summed E-state index contributed by atoms with van der Waals surface area (Å²) in [5.41, 5.74) is 0.0455. The van der Waals surface area contributed by atoms with Crippen molar-refractivity contribution in [3.05, 3.63) is 177 Å². The molecule has 0 saturated carbocycles. The van der Waals surface area contributed by atoms with Crippen LogP contribution >= 0.6 is 15.2 Å². The molecule has 0 aromatic heterocycles. The number of carbonyl (C=O) groups is 10. The predicted molar refractivity (Wildman–Crippen MR) is 542 cm³/mol. The van der Waals surface area contributed by atoms with Crippen molar-refractivity contribution in [2.24, 2.45) is 48.7 Å². The lowest BCUT2D eigenvalue weighted by molar-refractivity contribution is 0.0127. The standard InChI is InChI=1S/2C26H43O8P.C20H30O6.C19H28O6.C16H22O5/c2*1-8-9-10-11-16-33-35(7,29)34-20-26(4,5)19-32-24(28)22-14-12-21(13-15-22)23(27)31-18-25(2,3)17-30-6;1-19(2,11-23-5)13-25-17(21)15-7-9-16(10-8-15)18(22)26-14-20(3,4)12-24-6;1-18(2,10-20)12-24-16(21)14-6-8-15(9-7-14)17(22)25-13-19(3,4)11-23-5;1-11(2)21-15(19)13-7-5-12(6-8-13)14(18)20-10-16(3,4)9-17/h2*12-15H,8-11,16-20H2,1-7H3;7-10H,11-14H2,1-6H3;6-9,20H,10-13H2,1-5H3;5-8,11,17H,9-10H2,1-4H3. The molecule has 142 heavy (non-hydrogen) atoms. The maximum atomic E-state index is 12.5. The van der Waals surface area contributed by atoms with Gasteiger partial charge in [-0.3, -0.25) is 9.13 Å². The average Bonchev–Trinajstić information content (AvgIpc) is 0.864. The number of methoxy groups -OCH3 is 5. The molecule has 0 heterocycles. The van der Waals surface area contributed by atoms with Crippen LogP contribution in [0.15, 0.2) is 121 Å². The highest BCUT2D eigenvalue weighted by molar-refractivity contribution is 7.53. The molecule has 0 radical (unpaired) electrons. The molecule has 0 aliphatic heterocycles. The molecule has 0 bridgehead atoms. The number of unbranched alkanes of at least 4 members (excludes halogenated alkanes) is 6. The van der Waals surface area contributed by atoms with E-state index in [0.29, 0.717) is 102 Å². The van der Waals surface area contributed by atoms with Gasteiger partial charge in [0, 0.05) is 97.6 Å². The van der Waals surface area contributed by atoms with Crippen LogP contribution in [0.2, 0.25) is 0 Å². The van der Waals surface area contributed by atoms with Gasteiger partial charge in [-0.25, -0.2) is 47.9 Å². The number of esters is 10. The maximum absolute atomic E-state index is 12.5. The summed E-state index contributed by atoms with van der Waals surface area (Å²) in [6, 6.07) is 30.6. The van der Waals surface area contributed by atoms with Crippen LogP contribution in [-0.4, -0.2) is 257 Å². The van der Waals surface area contributed by atoms with Gasteiger partial charge in [0.05, 0.1) is 194 Å². The summed E-state index contributed by atoms with van der Waals surface area (Å²) < 4.78 is 125. The van der Waals surface area contributed by atoms with Gasteiger partial charge in [-0.1, -0.05) is 177 Å². The van der Waals surface area contributed by atoms with Crippen molar-refractivity contribution >= 4 is 74.9 Å². The minimum Gasteiger partial charge on any atom is -0.461 e. The molecule has 33 nitrogen and oxygen atoms in total. The van der Waals surface area contributed by atoms with E-state index in [0.717, 1.165) is 51.4 Å². The summed E-state index contributed by atoms with van der Waals surface area (Å²) in [4.78, 5) is 121. The minimum absolute atomic E-state index is 0.0692. The summed E-state index contributed by atoms with van der Waals surface area (Å²) in [5.74, 6) is -4.71. The second kappa shape index (κ2) is 64.6. The quantitative estimate of drug-likeness (QED) is 0.0158. The predicted octanol–water partition coefficient (Wildman–Crippen LogP) is 20.7. The first-order valence-corrected chi connectivity index (χ1v) is 51.7. The number of hydrogen-bond donors (Lipinski definition) is 2. The van der Waals surface area contributed by atoms with Gasteiger partial charge in [-0.15, -0.1) is 0 Å². The summed E-state index contributed by atoms with van der Waals surface area (Å²) in [6.45, 7) is 49.6. The van der Waals surface area contributed by atoms with E-state index in [4.69, 9.17) is 99.4 Å². The third-order valence-corrected chi connectivity index (χ3v) is 22.5. The van der Waals surface area contributed by atoms with Crippen molar-refractivity contribution in [1.82, 2.24) is 0 Å². The lowest BCUT2D eigenvalue weighted by Crippen LogP contribution is -2.27. The number of rotatable bonds is 59. The van der Waals surface area contributed by atoms with Crippen LogP contribution in [0.25, 0.3) is 0 Å². The van der Waals surface area contributed by atoms with E-state index in [1.165, 1.54) is 110 Å². The molecule has 0 fully saturated rings. The molecule has 0 aliphatic rings. The van der Waals surface area contributed by atoms with Crippen LogP contribution in [0.3, 0.4) is 0 Å². The molecular weight excluding hydrogens is 1880 g/mol. The second-order valence-electron chi connectivity index (χ2n) is 42.4.